The minimum Gasteiger partial charge on any atom is -0.378 e. The molecule has 0 amide bonds. The first-order chi connectivity index (χ1) is 4.48. The van der Waals surface area contributed by atoms with Crippen molar-refractivity contribution in [2.45, 2.75) is 32.8 Å². The van der Waals surface area contributed by atoms with E-state index in [-0.39, 0.29) is 0 Å². The predicted octanol–water partition coefficient (Wildman–Crippen LogP) is 1.73. The zero-order valence-electron chi connectivity index (χ0n) is 6.86. The second kappa shape index (κ2) is 3.43. The van der Waals surface area contributed by atoms with Gasteiger partial charge in [-0.25, -0.2) is 0 Å². The van der Waals surface area contributed by atoms with Crippen molar-refractivity contribution in [3.05, 3.63) is 12.2 Å². The monoisotopic (exact) mass is 138 g/mol. The van der Waals surface area contributed by atoms with Gasteiger partial charge in [-0.3, -0.25) is 0 Å². The van der Waals surface area contributed by atoms with Crippen molar-refractivity contribution in [1.82, 2.24) is 0 Å². The fourth-order valence-corrected chi connectivity index (χ4v) is 0.330. The van der Waals surface area contributed by atoms with Gasteiger partial charge in [-0.15, -0.1) is 0 Å². The molecule has 1 heteroatoms. The Kier molecular flexibility index (Phi) is 3.18. The highest BCUT2D eigenvalue weighted by atomic mass is 16.3. The number of aliphatic hydroxyl groups is 1. The Bertz CT molecular complexity index is 179. The molecule has 0 spiro atoms. The Morgan fingerprint density at radius 1 is 1.70 bits per heavy atom. The Balaban J connectivity index is 4.15. The van der Waals surface area contributed by atoms with Gasteiger partial charge in [0.15, 0.2) is 0 Å². The van der Waals surface area contributed by atoms with Crippen LogP contribution in [0.1, 0.15) is 27.2 Å². The number of rotatable bonds is 1. The Labute approximate surface area is 62.8 Å². The molecule has 0 rings (SSSR count). The third-order valence-corrected chi connectivity index (χ3v) is 1.23. The standard InChI is InChI=1S/C9H14O/c1-5-9(4,10)7-6-8(2)3/h10H,2,5H2,1,3-4H3. The average molecular weight is 138 g/mol. The van der Waals surface area contributed by atoms with E-state index in [9.17, 15) is 5.11 Å². The van der Waals surface area contributed by atoms with Crippen molar-refractivity contribution in [3.63, 3.8) is 0 Å². The second-order valence-corrected chi connectivity index (χ2v) is 2.66. The third-order valence-electron chi connectivity index (χ3n) is 1.23. The lowest BCUT2D eigenvalue weighted by Gasteiger charge is -2.11. The Morgan fingerprint density at radius 2 is 2.20 bits per heavy atom. The van der Waals surface area contributed by atoms with Crippen molar-refractivity contribution < 1.29 is 5.11 Å². The molecule has 1 atom stereocenters. The summed E-state index contributed by atoms with van der Waals surface area (Å²) in [5.74, 6) is 5.46. The second-order valence-electron chi connectivity index (χ2n) is 2.66. The van der Waals surface area contributed by atoms with Crippen LogP contribution in [0.3, 0.4) is 0 Å². The quantitative estimate of drug-likeness (QED) is 0.547. The SMILES string of the molecule is C=C(C)C#CC(C)(O)CC. The van der Waals surface area contributed by atoms with E-state index in [2.05, 4.69) is 18.4 Å². The third kappa shape index (κ3) is 4.17. The van der Waals surface area contributed by atoms with E-state index in [0.717, 1.165) is 5.57 Å². The van der Waals surface area contributed by atoms with E-state index in [1.807, 2.05) is 13.8 Å². The van der Waals surface area contributed by atoms with E-state index in [0.29, 0.717) is 6.42 Å². The topological polar surface area (TPSA) is 20.2 Å². The molecule has 10 heavy (non-hydrogen) atoms. The Hall–Kier alpha value is -0.740. The van der Waals surface area contributed by atoms with Crippen molar-refractivity contribution in [3.8, 4) is 11.8 Å². The lowest BCUT2D eigenvalue weighted by Crippen LogP contribution is -2.19. The summed E-state index contributed by atoms with van der Waals surface area (Å²) in [7, 11) is 0. The molecule has 56 valence electrons. The molecule has 0 heterocycles. The first kappa shape index (κ1) is 9.26. The molecular weight excluding hydrogens is 124 g/mol. The van der Waals surface area contributed by atoms with Crippen LogP contribution in [0.5, 0.6) is 0 Å². The fraction of sp³-hybridized carbons (Fsp3) is 0.556. The van der Waals surface area contributed by atoms with Crippen LogP contribution in [0.2, 0.25) is 0 Å². The molecule has 0 radical (unpaired) electrons. The van der Waals surface area contributed by atoms with Crippen LogP contribution >= 0.6 is 0 Å². The molecule has 0 fully saturated rings. The van der Waals surface area contributed by atoms with Gasteiger partial charge in [0, 0.05) is 0 Å². The molecule has 1 unspecified atom stereocenters. The van der Waals surface area contributed by atoms with E-state index in [4.69, 9.17) is 0 Å². The van der Waals surface area contributed by atoms with Crippen LogP contribution < -0.4 is 0 Å². The molecule has 0 aromatic carbocycles. The molecule has 0 saturated carbocycles. The van der Waals surface area contributed by atoms with Gasteiger partial charge in [-0.05, 0) is 25.8 Å². The lowest BCUT2D eigenvalue weighted by atomic mass is 10.0. The summed E-state index contributed by atoms with van der Waals surface area (Å²) in [6.45, 7) is 9.02. The van der Waals surface area contributed by atoms with E-state index >= 15 is 0 Å². The van der Waals surface area contributed by atoms with Crippen LogP contribution in [0.15, 0.2) is 12.2 Å². The maximum atomic E-state index is 9.36. The zero-order valence-corrected chi connectivity index (χ0v) is 6.86. The van der Waals surface area contributed by atoms with Gasteiger partial charge < -0.3 is 5.11 Å². The van der Waals surface area contributed by atoms with Crippen LogP contribution in [-0.2, 0) is 0 Å². The van der Waals surface area contributed by atoms with Crippen molar-refractivity contribution in [2.24, 2.45) is 0 Å². The van der Waals surface area contributed by atoms with Gasteiger partial charge in [0.2, 0.25) is 0 Å². The van der Waals surface area contributed by atoms with Crippen molar-refractivity contribution in [2.75, 3.05) is 0 Å². The molecule has 1 nitrogen and oxygen atoms in total. The normalized spacial score (nSPS) is 14.8. The van der Waals surface area contributed by atoms with Gasteiger partial charge in [0.1, 0.15) is 5.60 Å². The molecular formula is C9H14O. The van der Waals surface area contributed by atoms with Gasteiger partial charge >= 0.3 is 0 Å². The maximum Gasteiger partial charge on any atom is 0.122 e. The first-order valence-electron chi connectivity index (χ1n) is 3.39. The summed E-state index contributed by atoms with van der Waals surface area (Å²) in [4.78, 5) is 0. The number of hydrogen-bond donors (Lipinski definition) is 1. The lowest BCUT2D eigenvalue weighted by molar-refractivity contribution is 0.118. The van der Waals surface area contributed by atoms with Gasteiger partial charge in [-0.2, -0.15) is 0 Å². The highest BCUT2D eigenvalue weighted by Gasteiger charge is 2.11. The van der Waals surface area contributed by atoms with Crippen molar-refractivity contribution >= 4 is 0 Å². The molecule has 0 aliphatic heterocycles. The summed E-state index contributed by atoms with van der Waals surface area (Å²) < 4.78 is 0. The number of hydrogen-bond acceptors (Lipinski definition) is 1. The van der Waals surface area contributed by atoms with Gasteiger partial charge in [-0.1, -0.05) is 25.3 Å². The molecule has 0 bridgehead atoms. The average Bonchev–Trinajstić information content (AvgIpc) is 1.85. The van der Waals surface area contributed by atoms with E-state index in [1.165, 1.54) is 0 Å². The van der Waals surface area contributed by atoms with Crippen LogP contribution in [-0.4, -0.2) is 10.7 Å². The van der Waals surface area contributed by atoms with Crippen LogP contribution in [0.25, 0.3) is 0 Å². The molecule has 0 aromatic rings. The highest BCUT2D eigenvalue weighted by Crippen LogP contribution is 2.05. The highest BCUT2D eigenvalue weighted by molar-refractivity contribution is 5.27. The minimum absolute atomic E-state index is 0.646. The summed E-state index contributed by atoms with van der Waals surface area (Å²) in [6.07, 6.45) is 0.646. The molecule has 0 aromatic heterocycles. The predicted molar refractivity (Wildman–Crippen MR) is 43.5 cm³/mol. The molecule has 1 N–H and O–H groups in total. The smallest absolute Gasteiger partial charge is 0.122 e. The zero-order chi connectivity index (χ0) is 8.20. The van der Waals surface area contributed by atoms with Gasteiger partial charge in [0.25, 0.3) is 0 Å². The minimum atomic E-state index is -0.848. The summed E-state index contributed by atoms with van der Waals surface area (Å²) in [6, 6.07) is 0. The summed E-state index contributed by atoms with van der Waals surface area (Å²) >= 11 is 0. The van der Waals surface area contributed by atoms with Crippen LogP contribution in [0, 0.1) is 11.8 Å². The first-order valence-corrected chi connectivity index (χ1v) is 3.39. The van der Waals surface area contributed by atoms with E-state index in [1.54, 1.807) is 6.92 Å². The summed E-state index contributed by atoms with van der Waals surface area (Å²) in [5.41, 5.74) is -0.0624. The molecule has 0 aliphatic carbocycles. The molecule has 0 saturated heterocycles. The van der Waals surface area contributed by atoms with E-state index < -0.39 is 5.60 Å². The molecule has 0 aliphatic rings. The maximum absolute atomic E-state index is 9.36. The fourth-order valence-electron chi connectivity index (χ4n) is 0.330. The van der Waals surface area contributed by atoms with Crippen molar-refractivity contribution in [1.29, 1.82) is 0 Å². The van der Waals surface area contributed by atoms with Gasteiger partial charge in [0.05, 0.1) is 0 Å². The summed E-state index contributed by atoms with van der Waals surface area (Å²) in [5, 5.41) is 9.36. The van der Waals surface area contributed by atoms with Crippen LogP contribution in [0.4, 0.5) is 0 Å². The number of allylic oxidation sites excluding steroid dienone is 1. The Morgan fingerprint density at radius 3 is 2.50 bits per heavy atom. The largest absolute Gasteiger partial charge is 0.378 e.